The molecule has 1 amide bonds. The van der Waals surface area contributed by atoms with Crippen molar-refractivity contribution in [1.29, 1.82) is 0 Å². The Morgan fingerprint density at radius 3 is 2.67 bits per heavy atom. The van der Waals surface area contributed by atoms with Gasteiger partial charge in [-0.25, -0.2) is 0 Å². The first-order chi connectivity index (χ1) is 12.8. The molecule has 1 aliphatic carbocycles. The van der Waals surface area contributed by atoms with E-state index in [1.54, 1.807) is 29.5 Å². The molecule has 0 radical (unpaired) electrons. The van der Waals surface area contributed by atoms with Crippen molar-refractivity contribution in [3.05, 3.63) is 55.9 Å². The highest BCUT2D eigenvalue weighted by Crippen LogP contribution is 2.46. The normalized spacial score (nSPS) is 21.7. The number of thiophene rings is 1. The fourth-order valence-electron chi connectivity index (χ4n) is 4.09. The molecule has 0 saturated heterocycles. The molecule has 7 heteroatoms. The fraction of sp³-hybridized carbons (Fsp3) is 0.450. The van der Waals surface area contributed by atoms with E-state index in [9.17, 15) is 14.9 Å². The van der Waals surface area contributed by atoms with E-state index in [1.165, 1.54) is 10.9 Å². The SMILES string of the molecule is CC(C)(C)[C@H]1CCc2c(sc3c2C(=O)N[C@H](c2ccccc2[N+](=O)[O-])N3)C1. The highest BCUT2D eigenvalue weighted by atomic mass is 32.1. The Bertz CT molecular complexity index is 929. The average molecular weight is 385 g/mol. The van der Waals surface area contributed by atoms with Gasteiger partial charge in [-0.2, -0.15) is 0 Å². The zero-order chi connectivity index (χ0) is 19.3. The summed E-state index contributed by atoms with van der Waals surface area (Å²) in [6.45, 7) is 6.81. The zero-order valence-electron chi connectivity index (χ0n) is 15.7. The molecule has 1 aromatic carbocycles. The summed E-state index contributed by atoms with van der Waals surface area (Å²) in [7, 11) is 0. The van der Waals surface area contributed by atoms with Crippen molar-refractivity contribution in [3.63, 3.8) is 0 Å². The third-order valence-corrected chi connectivity index (χ3v) is 6.90. The van der Waals surface area contributed by atoms with E-state index < -0.39 is 11.1 Å². The van der Waals surface area contributed by atoms with Gasteiger partial charge in [-0.3, -0.25) is 14.9 Å². The molecule has 1 aromatic heterocycles. The van der Waals surface area contributed by atoms with Gasteiger partial charge in [0.1, 0.15) is 11.2 Å². The quantitative estimate of drug-likeness (QED) is 0.582. The van der Waals surface area contributed by atoms with E-state index in [1.807, 2.05) is 0 Å². The molecule has 0 bridgehead atoms. The number of nitro groups is 1. The van der Waals surface area contributed by atoms with Crippen LogP contribution in [0.4, 0.5) is 10.7 Å². The standard InChI is InChI=1S/C20H23N3O3S/c1-20(2,3)11-8-9-13-15(10-11)27-19-16(13)18(24)21-17(22-19)12-6-4-5-7-14(12)23(25)26/h4-7,11,17,22H,8-10H2,1-3H3,(H,21,24)/t11-,17-/m0/s1. The van der Waals surface area contributed by atoms with Gasteiger partial charge in [0.05, 0.1) is 16.1 Å². The van der Waals surface area contributed by atoms with Crippen LogP contribution in [0.15, 0.2) is 24.3 Å². The summed E-state index contributed by atoms with van der Waals surface area (Å²) in [4.78, 5) is 25.1. The third-order valence-electron chi connectivity index (χ3n) is 5.71. The van der Waals surface area contributed by atoms with Gasteiger partial charge in [-0.1, -0.05) is 32.9 Å². The molecule has 4 rings (SSSR count). The number of hydrogen-bond donors (Lipinski definition) is 2. The van der Waals surface area contributed by atoms with Crippen molar-refractivity contribution in [3.8, 4) is 0 Å². The second kappa shape index (κ2) is 6.34. The van der Waals surface area contributed by atoms with Gasteiger partial charge < -0.3 is 10.6 Å². The Morgan fingerprint density at radius 1 is 1.22 bits per heavy atom. The van der Waals surface area contributed by atoms with E-state index in [-0.39, 0.29) is 17.0 Å². The van der Waals surface area contributed by atoms with E-state index in [0.717, 1.165) is 35.4 Å². The third kappa shape index (κ3) is 3.10. The number of hydrogen-bond acceptors (Lipinski definition) is 5. The minimum Gasteiger partial charge on any atom is -0.352 e. The lowest BCUT2D eigenvalue weighted by Gasteiger charge is -2.34. The fourth-order valence-corrected chi connectivity index (χ4v) is 5.44. The van der Waals surface area contributed by atoms with Crippen LogP contribution in [0.5, 0.6) is 0 Å². The van der Waals surface area contributed by atoms with Crippen molar-refractivity contribution in [2.75, 3.05) is 5.32 Å². The number of benzene rings is 1. The lowest BCUT2D eigenvalue weighted by Crippen LogP contribution is -2.38. The molecule has 0 fully saturated rings. The summed E-state index contributed by atoms with van der Waals surface area (Å²) >= 11 is 1.63. The number of carbonyl (C=O) groups is 1. The maximum absolute atomic E-state index is 12.8. The number of para-hydroxylation sites is 1. The van der Waals surface area contributed by atoms with E-state index in [4.69, 9.17) is 0 Å². The van der Waals surface area contributed by atoms with Crippen LogP contribution < -0.4 is 10.6 Å². The van der Waals surface area contributed by atoms with Crippen LogP contribution in [-0.4, -0.2) is 10.8 Å². The average Bonchev–Trinajstić information content (AvgIpc) is 2.98. The first kappa shape index (κ1) is 18.0. The van der Waals surface area contributed by atoms with Crippen LogP contribution in [0.1, 0.15) is 59.7 Å². The smallest absolute Gasteiger partial charge is 0.276 e. The second-order valence-electron chi connectivity index (χ2n) is 8.38. The van der Waals surface area contributed by atoms with Gasteiger partial charge in [0.2, 0.25) is 0 Å². The van der Waals surface area contributed by atoms with Crippen molar-refractivity contribution in [2.24, 2.45) is 11.3 Å². The largest absolute Gasteiger partial charge is 0.352 e. The Kier molecular flexibility index (Phi) is 4.22. The van der Waals surface area contributed by atoms with Crippen molar-refractivity contribution in [1.82, 2.24) is 5.32 Å². The highest BCUT2D eigenvalue weighted by molar-refractivity contribution is 7.16. The monoisotopic (exact) mass is 385 g/mol. The predicted octanol–water partition coefficient (Wildman–Crippen LogP) is 4.66. The van der Waals surface area contributed by atoms with Crippen LogP contribution in [0, 0.1) is 21.4 Å². The Labute approximate surface area is 162 Å². The first-order valence-electron chi connectivity index (χ1n) is 9.21. The van der Waals surface area contributed by atoms with E-state index in [0.29, 0.717) is 11.5 Å². The lowest BCUT2D eigenvalue weighted by atomic mass is 9.72. The molecule has 2 heterocycles. The number of amides is 1. The summed E-state index contributed by atoms with van der Waals surface area (Å²) in [6, 6.07) is 6.53. The van der Waals surface area contributed by atoms with Gasteiger partial charge in [-0.15, -0.1) is 11.3 Å². The van der Waals surface area contributed by atoms with E-state index >= 15 is 0 Å². The minimum absolute atomic E-state index is 0.00728. The van der Waals surface area contributed by atoms with Crippen molar-refractivity contribution in [2.45, 2.75) is 46.2 Å². The summed E-state index contributed by atoms with van der Waals surface area (Å²) in [5.41, 5.74) is 2.61. The molecule has 0 unspecified atom stereocenters. The number of fused-ring (bicyclic) bond motifs is 3. The number of carbonyl (C=O) groups excluding carboxylic acids is 1. The van der Waals surface area contributed by atoms with Gasteiger partial charge in [0.15, 0.2) is 0 Å². The molecule has 2 aliphatic rings. The van der Waals surface area contributed by atoms with Crippen molar-refractivity contribution < 1.29 is 9.72 Å². The molecule has 1 aliphatic heterocycles. The molecular formula is C20H23N3O3S. The molecule has 2 N–H and O–H groups in total. The second-order valence-corrected chi connectivity index (χ2v) is 9.49. The molecule has 2 aromatic rings. The number of anilines is 1. The number of nitrogens with one attached hydrogen (secondary N) is 2. The predicted molar refractivity (Wildman–Crippen MR) is 106 cm³/mol. The summed E-state index contributed by atoms with van der Waals surface area (Å²) in [6.07, 6.45) is 2.39. The molecule has 142 valence electrons. The van der Waals surface area contributed by atoms with Gasteiger partial charge in [0.25, 0.3) is 11.6 Å². The highest BCUT2D eigenvalue weighted by Gasteiger charge is 2.37. The van der Waals surface area contributed by atoms with Gasteiger partial charge in [0, 0.05) is 10.9 Å². The number of rotatable bonds is 2. The maximum atomic E-state index is 12.8. The minimum atomic E-state index is -0.592. The summed E-state index contributed by atoms with van der Waals surface area (Å²) < 4.78 is 0. The Balaban J connectivity index is 1.68. The zero-order valence-corrected chi connectivity index (χ0v) is 16.5. The maximum Gasteiger partial charge on any atom is 0.276 e. The lowest BCUT2D eigenvalue weighted by molar-refractivity contribution is -0.385. The van der Waals surface area contributed by atoms with Crippen LogP contribution in [0.25, 0.3) is 0 Å². The Morgan fingerprint density at radius 2 is 1.96 bits per heavy atom. The van der Waals surface area contributed by atoms with Crippen LogP contribution in [0.3, 0.4) is 0 Å². The van der Waals surface area contributed by atoms with Crippen molar-refractivity contribution >= 4 is 27.9 Å². The van der Waals surface area contributed by atoms with Gasteiger partial charge >= 0.3 is 0 Å². The Hall–Kier alpha value is -2.41. The first-order valence-corrected chi connectivity index (χ1v) is 10.0. The molecule has 0 spiro atoms. The van der Waals surface area contributed by atoms with E-state index in [2.05, 4.69) is 31.4 Å². The van der Waals surface area contributed by atoms with Gasteiger partial charge in [-0.05, 0) is 42.2 Å². The number of nitro benzene ring substituents is 1. The van der Waals surface area contributed by atoms with Crippen LogP contribution >= 0.6 is 11.3 Å². The molecule has 6 nitrogen and oxygen atoms in total. The molecule has 27 heavy (non-hydrogen) atoms. The topological polar surface area (TPSA) is 84.3 Å². The molecule has 2 atom stereocenters. The van der Waals surface area contributed by atoms with Crippen LogP contribution in [-0.2, 0) is 12.8 Å². The molecular weight excluding hydrogens is 362 g/mol. The molecule has 0 saturated carbocycles. The summed E-state index contributed by atoms with van der Waals surface area (Å²) in [5.74, 6) is 0.456. The van der Waals surface area contributed by atoms with Crippen LogP contribution in [0.2, 0.25) is 0 Å². The number of nitrogens with zero attached hydrogens (tertiary/aromatic N) is 1. The summed E-state index contributed by atoms with van der Waals surface area (Å²) in [5, 5.41) is 18.4.